The zero-order valence-corrected chi connectivity index (χ0v) is 12.0. The molecular formula is C14H24FN3O. The maximum atomic E-state index is 12.8. The highest BCUT2D eigenvalue weighted by Crippen LogP contribution is 2.14. The Hall–Kier alpha value is -1.04. The van der Waals surface area contributed by atoms with Crippen molar-refractivity contribution in [2.24, 2.45) is 0 Å². The molecule has 0 amide bonds. The van der Waals surface area contributed by atoms with Crippen molar-refractivity contribution >= 4 is 0 Å². The molecule has 0 aliphatic rings. The molecule has 0 aromatic carbocycles. The lowest BCUT2D eigenvalue weighted by molar-refractivity contribution is 0.178. The highest BCUT2D eigenvalue weighted by molar-refractivity contribution is 5.09. The zero-order valence-electron chi connectivity index (χ0n) is 12.0. The SMILES string of the molecule is CNC(CCN(C)CCCOC)c1ccc(F)cn1. The Morgan fingerprint density at radius 1 is 1.42 bits per heavy atom. The number of rotatable bonds is 9. The molecule has 1 unspecified atom stereocenters. The third-order valence-corrected chi connectivity index (χ3v) is 3.14. The Labute approximate surface area is 115 Å². The summed E-state index contributed by atoms with van der Waals surface area (Å²) in [5.74, 6) is -0.296. The summed E-state index contributed by atoms with van der Waals surface area (Å²) >= 11 is 0. The quantitative estimate of drug-likeness (QED) is 0.694. The van der Waals surface area contributed by atoms with Gasteiger partial charge >= 0.3 is 0 Å². The second-order valence-corrected chi connectivity index (χ2v) is 4.68. The summed E-state index contributed by atoms with van der Waals surface area (Å²) in [6.07, 6.45) is 3.24. The molecule has 1 aromatic heterocycles. The lowest BCUT2D eigenvalue weighted by atomic mass is 10.1. The number of methoxy groups -OCH3 is 1. The van der Waals surface area contributed by atoms with Crippen LogP contribution >= 0.6 is 0 Å². The summed E-state index contributed by atoms with van der Waals surface area (Å²) in [5, 5.41) is 3.22. The van der Waals surface area contributed by atoms with Crippen LogP contribution in [0.3, 0.4) is 0 Å². The maximum Gasteiger partial charge on any atom is 0.141 e. The standard InChI is InChI=1S/C14H24FN3O/c1-16-13(14-6-5-12(15)11-17-14)7-9-18(2)8-4-10-19-3/h5-6,11,13,16H,4,7-10H2,1-3H3. The Bertz CT molecular complexity index is 345. The summed E-state index contributed by atoms with van der Waals surface area (Å²) in [7, 11) is 5.72. The smallest absolute Gasteiger partial charge is 0.141 e. The van der Waals surface area contributed by atoms with Crippen LogP contribution in [-0.2, 0) is 4.74 Å². The second kappa shape index (κ2) is 8.96. The van der Waals surface area contributed by atoms with E-state index in [-0.39, 0.29) is 11.9 Å². The van der Waals surface area contributed by atoms with Crippen LogP contribution in [-0.4, -0.2) is 50.8 Å². The Morgan fingerprint density at radius 3 is 2.79 bits per heavy atom. The molecule has 1 heterocycles. The Kier molecular flexibility index (Phi) is 7.55. The number of pyridine rings is 1. The summed E-state index contributed by atoms with van der Waals surface area (Å²) in [4.78, 5) is 6.40. The van der Waals surface area contributed by atoms with E-state index in [0.29, 0.717) is 0 Å². The van der Waals surface area contributed by atoms with E-state index in [1.165, 1.54) is 12.3 Å². The van der Waals surface area contributed by atoms with Gasteiger partial charge in [-0.05, 0) is 45.6 Å². The van der Waals surface area contributed by atoms with Crippen LogP contribution in [0.5, 0.6) is 0 Å². The van der Waals surface area contributed by atoms with Crippen LogP contribution in [0, 0.1) is 5.82 Å². The van der Waals surface area contributed by atoms with Gasteiger partial charge in [0.25, 0.3) is 0 Å². The van der Waals surface area contributed by atoms with Gasteiger partial charge in [0.2, 0.25) is 0 Å². The number of aromatic nitrogens is 1. The first-order valence-corrected chi connectivity index (χ1v) is 6.63. The first-order valence-electron chi connectivity index (χ1n) is 6.63. The monoisotopic (exact) mass is 269 g/mol. The molecule has 19 heavy (non-hydrogen) atoms. The number of halogens is 1. The Morgan fingerprint density at radius 2 is 2.21 bits per heavy atom. The van der Waals surface area contributed by atoms with Gasteiger partial charge in [-0.15, -0.1) is 0 Å². The molecule has 1 aromatic rings. The third-order valence-electron chi connectivity index (χ3n) is 3.14. The fourth-order valence-corrected chi connectivity index (χ4v) is 1.97. The van der Waals surface area contributed by atoms with E-state index in [0.717, 1.165) is 38.2 Å². The van der Waals surface area contributed by atoms with Crippen LogP contribution in [0.25, 0.3) is 0 Å². The average molecular weight is 269 g/mol. The number of hydrogen-bond donors (Lipinski definition) is 1. The van der Waals surface area contributed by atoms with Crippen molar-refractivity contribution in [1.29, 1.82) is 0 Å². The number of hydrogen-bond acceptors (Lipinski definition) is 4. The Balaban J connectivity index is 2.38. The summed E-state index contributed by atoms with van der Waals surface area (Å²) in [5.41, 5.74) is 0.884. The molecule has 0 fully saturated rings. The molecule has 1 rings (SSSR count). The number of nitrogens with one attached hydrogen (secondary N) is 1. The largest absolute Gasteiger partial charge is 0.385 e. The van der Waals surface area contributed by atoms with Gasteiger partial charge in [0.1, 0.15) is 5.82 Å². The molecule has 0 radical (unpaired) electrons. The minimum absolute atomic E-state index is 0.158. The predicted molar refractivity (Wildman–Crippen MR) is 74.6 cm³/mol. The topological polar surface area (TPSA) is 37.4 Å². The molecule has 1 atom stereocenters. The molecule has 5 heteroatoms. The van der Waals surface area contributed by atoms with E-state index in [1.54, 1.807) is 13.2 Å². The molecule has 0 bridgehead atoms. The van der Waals surface area contributed by atoms with Gasteiger partial charge in [-0.3, -0.25) is 4.98 Å². The number of nitrogens with zero attached hydrogens (tertiary/aromatic N) is 2. The zero-order chi connectivity index (χ0) is 14.1. The second-order valence-electron chi connectivity index (χ2n) is 4.68. The van der Waals surface area contributed by atoms with E-state index in [4.69, 9.17) is 4.74 Å². The molecule has 4 nitrogen and oxygen atoms in total. The normalized spacial score (nSPS) is 12.9. The fraction of sp³-hybridized carbons (Fsp3) is 0.643. The van der Waals surface area contributed by atoms with Gasteiger partial charge in [-0.2, -0.15) is 0 Å². The lowest BCUT2D eigenvalue weighted by Gasteiger charge is -2.21. The third kappa shape index (κ3) is 6.09. The van der Waals surface area contributed by atoms with Crippen LogP contribution in [0.4, 0.5) is 4.39 Å². The van der Waals surface area contributed by atoms with Gasteiger partial charge in [0.15, 0.2) is 0 Å². The highest BCUT2D eigenvalue weighted by Gasteiger charge is 2.11. The van der Waals surface area contributed by atoms with E-state index in [9.17, 15) is 4.39 Å². The van der Waals surface area contributed by atoms with Gasteiger partial charge < -0.3 is 15.0 Å². The molecule has 1 N–H and O–H groups in total. The van der Waals surface area contributed by atoms with E-state index in [2.05, 4.69) is 22.2 Å². The van der Waals surface area contributed by atoms with Crippen LogP contribution in [0.2, 0.25) is 0 Å². The maximum absolute atomic E-state index is 12.8. The number of ether oxygens (including phenoxy) is 1. The predicted octanol–water partition coefficient (Wildman–Crippen LogP) is 1.84. The molecule has 0 spiro atoms. The van der Waals surface area contributed by atoms with Crippen LogP contribution in [0.15, 0.2) is 18.3 Å². The van der Waals surface area contributed by atoms with Crippen molar-refractivity contribution in [2.45, 2.75) is 18.9 Å². The average Bonchev–Trinajstić information content (AvgIpc) is 2.41. The van der Waals surface area contributed by atoms with Crippen molar-refractivity contribution < 1.29 is 9.13 Å². The summed E-state index contributed by atoms with van der Waals surface area (Å²) < 4.78 is 17.9. The molecule has 0 saturated carbocycles. The van der Waals surface area contributed by atoms with Crippen LogP contribution < -0.4 is 5.32 Å². The van der Waals surface area contributed by atoms with E-state index in [1.807, 2.05) is 7.05 Å². The molecular weight excluding hydrogens is 245 g/mol. The lowest BCUT2D eigenvalue weighted by Crippen LogP contribution is -2.27. The first kappa shape index (κ1) is 16.0. The van der Waals surface area contributed by atoms with Crippen molar-refractivity contribution in [2.75, 3.05) is 40.9 Å². The minimum atomic E-state index is -0.296. The molecule has 0 aliphatic heterocycles. The van der Waals surface area contributed by atoms with E-state index >= 15 is 0 Å². The van der Waals surface area contributed by atoms with Gasteiger partial charge in [-0.1, -0.05) is 0 Å². The molecule has 108 valence electrons. The van der Waals surface area contributed by atoms with Crippen LogP contribution in [0.1, 0.15) is 24.6 Å². The van der Waals surface area contributed by atoms with Crippen molar-refractivity contribution in [3.63, 3.8) is 0 Å². The highest BCUT2D eigenvalue weighted by atomic mass is 19.1. The fourth-order valence-electron chi connectivity index (χ4n) is 1.97. The van der Waals surface area contributed by atoms with Gasteiger partial charge in [-0.25, -0.2) is 4.39 Å². The summed E-state index contributed by atoms with van der Waals surface area (Å²) in [6.45, 7) is 2.77. The van der Waals surface area contributed by atoms with Crippen molar-refractivity contribution in [1.82, 2.24) is 15.2 Å². The van der Waals surface area contributed by atoms with Gasteiger partial charge in [0.05, 0.1) is 17.9 Å². The molecule has 0 saturated heterocycles. The minimum Gasteiger partial charge on any atom is -0.385 e. The first-order chi connectivity index (χ1) is 9.17. The van der Waals surface area contributed by atoms with Crippen molar-refractivity contribution in [3.8, 4) is 0 Å². The van der Waals surface area contributed by atoms with Crippen molar-refractivity contribution in [3.05, 3.63) is 29.8 Å². The van der Waals surface area contributed by atoms with E-state index < -0.39 is 0 Å². The van der Waals surface area contributed by atoms with Gasteiger partial charge in [0, 0.05) is 20.3 Å². The molecule has 0 aliphatic carbocycles. The summed E-state index contributed by atoms with van der Waals surface area (Å²) in [6, 6.07) is 3.35.